The van der Waals surface area contributed by atoms with E-state index in [-0.39, 0.29) is 18.4 Å². The summed E-state index contributed by atoms with van der Waals surface area (Å²) >= 11 is 1.39. The number of rotatable bonds is 5. The molecular weight excluding hydrogens is 326 g/mol. The Balaban J connectivity index is 1.89. The summed E-state index contributed by atoms with van der Waals surface area (Å²) in [7, 11) is 0. The minimum Gasteiger partial charge on any atom is -0.346 e. The van der Waals surface area contributed by atoms with E-state index in [0.717, 1.165) is 16.1 Å². The van der Waals surface area contributed by atoms with Crippen LogP contribution in [0.15, 0.2) is 28.4 Å². The fourth-order valence-corrected chi connectivity index (χ4v) is 3.65. The first-order valence-electron chi connectivity index (χ1n) is 7.68. The molecule has 0 unspecified atom stereocenters. The lowest BCUT2D eigenvalue weighted by molar-refractivity contribution is 0.0964. The number of nitrogens with zero attached hydrogens (tertiary/aromatic N) is 5. The van der Waals surface area contributed by atoms with Crippen LogP contribution in [0.1, 0.15) is 41.6 Å². The van der Waals surface area contributed by atoms with Crippen molar-refractivity contribution in [1.29, 1.82) is 0 Å². The van der Waals surface area contributed by atoms with Crippen molar-refractivity contribution in [1.82, 2.24) is 24.4 Å². The molecule has 0 saturated carbocycles. The molecule has 0 N–H and O–H groups in total. The lowest BCUT2D eigenvalue weighted by Crippen LogP contribution is -2.27. The number of tetrazole rings is 1. The highest BCUT2D eigenvalue weighted by molar-refractivity contribution is 7.12. The largest absolute Gasteiger partial charge is 0.369 e. The van der Waals surface area contributed by atoms with Crippen LogP contribution in [0.4, 0.5) is 0 Å². The normalized spacial score (nSPS) is 11.4. The Hall–Kier alpha value is -2.48. The van der Waals surface area contributed by atoms with Gasteiger partial charge in [0.15, 0.2) is 5.78 Å². The summed E-state index contributed by atoms with van der Waals surface area (Å²) in [5, 5.41) is 10.2. The molecule has 3 aromatic rings. The number of ketones is 1. The van der Waals surface area contributed by atoms with E-state index in [1.165, 1.54) is 16.0 Å². The second-order valence-electron chi connectivity index (χ2n) is 5.95. The molecule has 0 radical (unpaired) electrons. The van der Waals surface area contributed by atoms with Crippen molar-refractivity contribution in [3.05, 3.63) is 51.0 Å². The standard InChI is InChI=1S/C16H19N5O2S/c1-10(2)20-11(3)8-13(12(20)4)14(22)9-19-16(23)21(18-17-19)15-6-5-7-24-15/h5-8,10H,9H2,1-4H3. The number of hydrogen-bond donors (Lipinski definition) is 0. The molecule has 0 bridgehead atoms. The quantitative estimate of drug-likeness (QED) is 0.665. The third-order valence-corrected chi connectivity index (χ3v) is 4.79. The van der Waals surface area contributed by atoms with Gasteiger partial charge >= 0.3 is 5.69 Å². The molecule has 0 aliphatic heterocycles. The van der Waals surface area contributed by atoms with E-state index >= 15 is 0 Å². The maximum atomic E-state index is 12.6. The SMILES string of the molecule is Cc1cc(C(=O)Cn2nnn(-c3cccs3)c2=O)c(C)n1C(C)C. The Morgan fingerprint density at radius 1 is 1.29 bits per heavy atom. The molecule has 0 spiro atoms. The number of carbonyl (C=O) groups is 1. The molecule has 0 fully saturated rings. The van der Waals surface area contributed by atoms with Gasteiger partial charge in [0.25, 0.3) is 0 Å². The Morgan fingerprint density at radius 2 is 2.04 bits per heavy atom. The van der Waals surface area contributed by atoms with Crippen LogP contribution in [-0.2, 0) is 6.54 Å². The van der Waals surface area contributed by atoms with E-state index < -0.39 is 5.69 Å². The van der Waals surface area contributed by atoms with E-state index in [9.17, 15) is 9.59 Å². The molecular formula is C16H19N5O2S. The van der Waals surface area contributed by atoms with Crippen molar-refractivity contribution < 1.29 is 4.79 Å². The predicted molar refractivity (Wildman–Crippen MR) is 92.1 cm³/mol. The molecule has 3 aromatic heterocycles. The van der Waals surface area contributed by atoms with Crippen LogP contribution in [-0.4, -0.2) is 30.1 Å². The minimum absolute atomic E-state index is 0.118. The van der Waals surface area contributed by atoms with Gasteiger partial charge in [-0.15, -0.1) is 11.3 Å². The number of aryl methyl sites for hydroxylation is 1. The Kier molecular flexibility index (Phi) is 4.23. The molecule has 0 aromatic carbocycles. The summed E-state index contributed by atoms with van der Waals surface area (Å²) < 4.78 is 4.41. The van der Waals surface area contributed by atoms with Gasteiger partial charge in [0.2, 0.25) is 0 Å². The highest BCUT2D eigenvalue weighted by Crippen LogP contribution is 2.20. The zero-order valence-corrected chi connectivity index (χ0v) is 14.9. The van der Waals surface area contributed by atoms with Crippen LogP contribution in [0, 0.1) is 13.8 Å². The van der Waals surface area contributed by atoms with Crippen molar-refractivity contribution in [3.8, 4) is 5.00 Å². The smallest absolute Gasteiger partial charge is 0.346 e. The van der Waals surface area contributed by atoms with E-state index in [0.29, 0.717) is 10.6 Å². The monoisotopic (exact) mass is 345 g/mol. The number of carbonyl (C=O) groups excluding carboxylic acids is 1. The third-order valence-electron chi connectivity index (χ3n) is 3.95. The predicted octanol–water partition coefficient (Wildman–Crippen LogP) is 2.37. The molecule has 7 nitrogen and oxygen atoms in total. The van der Waals surface area contributed by atoms with Crippen molar-refractivity contribution in [2.24, 2.45) is 0 Å². The van der Waals surface area contributed by atoms with Crippen LogP contribution in [0.25, 0.3) is 5.00 Å². The summed E-state index contributed by atoms with van der Waals surface area (Å²) in [6, 6.07) is 5.75. The Bertz CT molecular complexity index is 930. The fraction of sp³-hybridized carbons (Fsp3) is 0.375. The van der Waals surface area contributed by atoms with E-state index in [2.05, 4.69) is 28.8 Å². The molecule has 0 saturated heterocycles. The molecule has 0 amide bonds. The van der Waals surface area contributed by atoms with Gasteiger partial charge in [-0.1, -0.05) is 0 Å². The zero-order chi connectivity index (χ0) is 17.4. The number of Topliss-reactive ketones (excluding diaryl/α,β-unsaturated/α-hetero) is 1. The second-order valence-corrected chi connectivity index (χ2v) is 6.88. The Morgan fingerprint density at radius 3 is 2.62 bits per heavy atom. The van der Waals surface area contributed by atoms with Gasteiger partial charge in [-0.25, -0.2) is 4.79 Å². The van der Waals surface area contributed by atoms with Gasteiger partial charge in [0, 0.05) is 23.0 Å². The summed E-state index contributed by atoms with van der Waals surface area (Å²) in [5.41, 5.74) is 2.15. The van der Waals surface area contributed by atoms with E-state index in [1.54, 1.807) is 6.07 Å². The number of aromatic nitrogens is 5. The third kappa shape index (κ3) is 2.73. The lowest BCUT2D eigenvalue weighted by Gasteiger charge is -2.13. The molecule has 126 valence electrons. The van der Waals surface area contributed by atoms with Crippen LogP contribution in [0.3, 0.4) is 0 Å². The molecule has 3 heterocycles. The topological polar surface area (TPSA) is 74.7 Å². The lowest BCUT2D eigenvalue weighted by atomic mass is 10.1. The first-order valence-corrected chi connectivity index (χ1v) is 8.56. The highest BCUT2D eigenvalue weighted by Gasteiger charge is 2.19. The van der Waals surface area contributed by atoms with Crippen molar-refractivity contribution in [2.75, 3.05) is 0 Å². The van der Waals surface area contributed by atoms with Crippen molar-refractivity contribution >= 4 is 17.1 Å². The highest BCUT2D eigenvalue weighted by atomic mass is 32.1. The summed E-state index contributed by atoms with van der Waals surface area (Å²) in [6.07, 6.45) is 0. The summed E-state index contributed by atoms with van der Waals surface area (Å²) in [5.74, 6) is -0.143. The van der Waals surface area contributed by atoms with Gasteiger partial charge in [-0.2, -0.15) is 9.36 Å². The van der Waals surface area contributed by atoms with Gasteiger partial charge in [0.1, 0.15) is 11.5 Å². The number of hydrogen-bond acceptors (Lipinski definition) is 5. The van der Waals surface area contributed by atoms with Crippen LogP contribution < -0.4 is 5.69 Å². The average Bonchev–Trinajstić information content (AvgIpc) is 3.20. The number of thiophene rings is 1. The molecule has 8 heteroatoms. The zero-order valence-electron chi connectivity index (χ0n) is 14.1. The van der Waals surface area contributed by atoms with E-state index in [4.69, 9.17) is 0 Å². The van der Waals surface area contributed by atoms with Gasteiger partial charge in [-0.3, -0.25) is 4.79 Å². The van der Waals surface area contributed by atoms with Crippen molar-refractivity contribution in [2.45, 2.75) is 40.3 Å². The van der Waals surface area contributed by atoms with E-state index in [1.807, 2.05) is 31.4 Å². The first-order chi connectivity index (χ1) is 11.4. The molecule has 3 rings (SSSR count). The van der Waals surface area contributed by atoms with Crippen molar-refractivity contribution in [3.63, 3.8) is 0 Å². The maximum absolute atomic E-state index is 12.6. The maximum Gasteiger partial charge on any atom is 0.369 e. The first kappa shape index (κ1) is 16.4. The molecule has 0 aliphatic rings. The molecule has 24 heavy (non-hydrogen) atoms. The fourth-order valence-electron chi connectivity index (χ4n) is 2.98. The molecule has 0 atom stereocenters. The van der Waals surface area contributed by atoms with Crippen LogP contribution in [0.2, 0.25) is 0 Å². The van der Waals surface area contributed by atoms with Gasteiger partial charge < -0.3 is 4.57 Å². The summed E-state index contributed by atoms with van der Waals surface area (Å²) in [4.78, 5) is 25.0. The van der Waals surface area contributed by atoms with Crippen LogP contribution in [0.5, 0.6) is 0 Å². The minimum atomic E-state index is -0.413. The van der Waals surface area contributed by atoms with Crippen LogP contribution >= 0.6 is 11.3 Å². The summed E-state index contributed by atoms with van der Waals surface area (Å²) in [6.45, 7) is 7.93. The molecule has 0 aliphatic carbocycles. The second kappa shape index (κ2) is 6.20. The average molecular weight is 345 g/mol. The van der Waals surface area contributed by atoms with Gasteiger partial charge in [-0.05, 0) is 61.7 Å². The van der Waals surface area contributed by atoms with Gasteiger partial charge in [0.05, 0.1) is 0 Å². The Labute approximate surface area is 143 Å².